The second kappa shape index (κ2) is 6.17. The van der Waals surface area contributed by atoms with E-state index in [0.29, 0.717) is 0 Å². The van der Waals surface area contributed by atoms with Gasteiger partial charge in [0.15, 0.2) is 0 Å². The molecule has 0 aromatic carbocycles. The highest BCUT2D eigenvalue weighted by Crippen LogP contribution is 2.58. The second-order valence-electron chi connectivity index (χ2n) is 3.27. The Balaban J connectivity index is 4.31. The van der Waals surface area contributed by atoms with Crippen molar-refractivity contribution in [3.63, 3.8) is 0 Å². The monoisotopic (exact) mass is 202 g/mol. The van der Waals surface area contributed by atoms with Gasteiger partial charge in [-0.1, -0.05) is 12.7 Å². The summed E-state index contributed by atoms with van der Waals surface area (Å²) < 4.78 is 7.48. The highest BCUT2D eigenvalue weighted by molar-refractivity contribution is 7.76. The lowest BCUT2D eigenvalue weighted by atomic mass is 10.8. The Bertz CT molecular complexity index is 180. The van der Waals surface area contributed by atoms with Crippen LogP contribution in [0.25, 0.3) is 0 Å². The summed E-state index contributed by atoms with van der Waals surface area (Å²) in [7, 11) is 3.05. The largest absolute Gasteiger partial charge is 0.498 e. The summed E-state index contributed by atoms with van der Waals surface area (Å²) in [5.41, 5.74) is 0. The van der Waals surface area contributed by atoms with Crippen LogP contribution in [0.15, 0.2) is 24.7 Å². The van der Waals surface area contributed by atoms with Crippen LogP contribution in [0.1, 0.15) is 6.92 Å². The van der Waals surface area contributed by atoms with Gasteiger partial charge >= 0.3 is 0 Å². The van der Waals surface area contributed by atoms with E-state index in [1.807, 2.05) is 19.3 Å². The molecule has 2 nitrogen and oxygen atoms in total. The topological polar surface area (TPSA) is 12.5 Å². The smallest absolute Gasteiger partial charge is 0.119 e. The van der Waals surface area contributed by atoms with Crippen LogP contribution in [-0.2, 0) is 4.74 Å². The number of hydrogen-bond acceptors (Lipinski definition) is 2. The molecule has 76 valence electrons. The van der Waals surface area contributed by atoms with Crippen molar-refractivity contribution in [2.75, 3.05) is 33.5 Å². The molecule has 0 bridgehead atoms. The molecule has 0 radical (unpaired) electrons. The van der Waals surface area contributed by atoms with Crippen LogP contribution in [0.4, 0.5) is 0 Å². The van der Waals surface area contributed by atoms with Crippen LogP contribution in [0.5, 0.6) is 0 Å². The van der Waals surface area contributed by atoms with E-state index < -0.39 is 7.41 Å². The van der Waals surface area contributed by atoms with Crippen molar-refractivity contribution < 1.29 is 4.74 Å². The molecule has 0 aromatic heterocycles. The van der Waals surface area contributed by atoms with Gasteiger partial charge in [-0.15, -0.1) is 0 Å². The highest BCUT2D eigenvalue weighted by Gasteiger charge is 2.30. The number of allylic oxidation sites excluding steroid dienone is 1. The molecule has 0 rings (SSSR count). The molecule has 0 saturated carbocycles. The summed E-state index contributed by atoms with van der Waals surface area (Å²) in [6.45, 7) is 8.77. The third kappa shape index (κ3) is 4.44. The van der Waals surface area contributed by atoms with E-state index in [9.17, 15) is 0 Å². The SMILES string of the molecule is C=CC[P+](C)(/C=C/OCC)N(C)C. The Morgan fingerprint density at radius 3 is 2.46 bits per heavy atom. The fraction of sp³-hybridized carbons (Fsp3) is 0.600. The molecule has 0 heterocycles. The summed E-state index contributed by atoms with van der Waals surface area (Å²) in [5.74, 6) is 2.18. The fourth-order valence-electron chi connectivity index (χ4n) is 0.889. The summed E-state index contributed by atoms with van der Waals surface area (Å²) in [4.78, 5) is 0. The molecular formula is C10H21NOP+. The number of ether oxygens (including phenoxy) is 1. The van der Waals surface area contributed by atoms with E-state index in [1.165, 1.54) is 0 Å². The van der Waals surface area contributed by atoms with Crippen LogP contribution in [0.2, 0.25) is 0 Å². The summed E-state index contributed by atoms with van der Waals surface area (Å²) in [6.07, 6.45) is 4.82. The number of rotatable bonds is 6. The van der Waals surface area contributed by atoms with Crippen LogP contribution in [0.3, 0.4) is 0 Å². The first-order valence-corrected chi connectivity index (χ1v) is 6.94. The molecule has 0 amide bonds. The molecule has 0 N–H and O–H groups in total. The Morgan fingerprint density at radius 1 is 1.46 bits per heavy atom. The van der Waals surface area contributed by atoms with E-state index in [0.717, 1.165) is 12.8 Å². The van der Waals surface area contributed by atoms with Crippen LogP contribution in [0, 0.1) is 0 Å². The quantitative estimate of drug-likeness (QED) is 0.373. The van der Waals surface area contributed by atoms with Crippen molar-refractivity contribution in [2.45, 2.75) is 6.92 Å². The van der Waals surface area contributed by atoms with Gasteiger partial charge in [0, 0.05) is 14.1 Å². The van der Waals surface area contributed by atoms with Crippen molar-refractivity contribution >= 4 is 7.41 Å². The van der Waals surface area contributed by atoms with Crippen molar-refractivity contribution in [1.29, 1.82) is 0 Å². The predicted molar refractivity (Wildman–Crippen MR) is 62.4 cm³/mol. The summed E-state index contributed by atoms with van der Waals surface area (Å²) in [6, 6.07) is 0. The van der Waals surface area contributed by atoms with Gasteiger partial charge in [0.25, 0.3) is 0 Å². The Hall–Kier alpha value is -0.330. The van der Waals surface area contributed by atoms with Crippen LogP contribution < -0.4 is 0 Å². The second-order valence-corrected chi connectivity index (χ2v) is 7.16. The molecule has 13 heavy (non-hydrogen) atoms. The van der Waals surface area contributed by atoms with Crippen LogP contribution >= 0.6 is 7.41 Å². The molecule has 1 atom stereocenters. The highest BCUT2D eigenvalue weighted by atomic mass is 31.2. The third-order valence-electron chi connectivity index (χ3n) is 2.06. The first-order valence-electron chi connectivity index (χ1n) is 4.50. The first kappa shape index (κ1) is 12.7. The normalized spacial score (nSPS) is 16.1. The Kier molecular flexibility index (Phi) is 6.02. The van der Waals surface area contributed by atoms with E-state index in [1.54, 1.807) is 0 Å². The van der Waals surface area contributed by atoms with Gasteiger partial charge in [0.2, 0.25) is 0 Å². The lowest BCUT2D eigenvalue weighted by Crippen LogP contribution is -2.13. The first-order chi connectivity index (χ1) is 6.06. The van der Waals surface area contributed by atoms with Crippen molar-refractivity contribution in [3.05, 3.63) is 24.7 Å². The standard InChI is InChI=1S/C10H21NOP/c1-6-9-13(5,11(3)4)10-8-12-7-2/h6,8,10H,1,7,9H2,2-5H3/q+1/b10-8+. The van der Waals surface area contributed by atoms with E-state index in [2.05, 4.69) is 37.8 Å². The molecule has 3 heteroatoms. The van der Waals surface area contributed by atoms with E-state index >= 15 is 0 Å². The molecule has 0 fully saturated rings. The van der Waals surface area contributed by atoms with Crippen LogP contribution in [-0.4, -0.2) is 38.2 Å². The van der Waals surface area contributed by atoms with Gasteiger partial charge in [-0.05, 0) is 6.92 Å². The van der Waals surface area contributed by atoms with Gasteiger partial charge in [-0.25, -0.2) is 0 Å². The fourth-order valence-corrected chi connectivity index (χ4v) is 2.48. The lowest BCUT2D eigenvalue weighted by Gasteiger charge is -2.23. The number of hydrogen-bond donors (Lipinski definition) is 0. The molecule has 0 aliphatic heterocycles. The minimum Gasteiger partial charge on any atom is -0.498 e. The number of nitrogens with zero attached hydrogens (tertiary/aromatic N) is 1. The average molecular weight is 202 g/mol. The maximum absolute atomic E-state index is 5.21. The van der Waals surface area contributed by atoms with Crippen molar-refractivity contribution in [1.82, 2.24) is 4.67 Å². The molecule has 0 spiro atoms. The summed E-state index contributed by atoms with van der Waals surface area (Å²) >= 11 is 0. The molecule has 0 saturated heterocycles. The minimum absolute atomic E-state index is 0.734. The lowest BCUT2D eigenvalue weighted by molar-refractivity contribution is 0.270. The van der Waals surface area contributed by atoms with E-state index in [4.69, 9.17) is 4.74 Å². The van der Waals surface area contributed by atoms with Gasteiger partial charge in [0.1, 0.15) is 19.5 Å². The van der Waals surface area contributed by atoms with Crippen molar-refractivity contribution in [2.24, 2.45) is 0 Å². The third-order valence-corrected chi connectivity index (χ3v) is 5.65. The maximum Gasteiger partial charge on any atom is 0.119 e. The zero-order valence-electron chi connectivity index (χ0n) is 9.16. The molecule has 0 aromatic rings. The van der Waals surface area contributed by atoms with E-state index in [-0.39, 0.29) is 0 Å². The zero-order valence-corrected chi connectivity index (χ0v) is 10.1. The Labute approximate surface area is 82.7 Å². The zero-order chi connectivity index (χ0) is 10.3. The van der Waals surface area contributed by atoms with Gasteiger partial charge in [-0.3, -0.25) is 0 Å². The predicted octanol–water partition coefficient (Wildman–Crippen LogP) is 2.80. The van der Waals surface area contributed by atoms with Gasteiger partial charge < -0.3 is 4.74 Å². The van der Waals surface area contributed by atoms with Crippen molar-refractivity contribution in [3.8, 4) is 0 Å². The molecule has 1 unspecified atom stereocenters. The molecule has 0 aliphatic carbocycles. The molecular weight excluding hydrogens is 181 g/mol. The Morgan fingerprint density at radius 2 is 2.08 bits per heavy atom. The maximum atomic E-state index is 5.21. The van der Waals surface area contributed by atoms with Gasteiger partial charge in [-0.2, -0.15) is 4.67 Å². The minimum atomic E-state index is -1.16. The average Bonchev–Trinajstić information content (AvgIpc) is 2.05. The summed E-state index contributed by atoms with van der Waals surface area (Å²) in [5, 5.41) is 0. The van der Waals surface area contributed by atoms with Gasteiger partial charge in [0.05, 0.1) is 19.4 Å². The molecule has 0 aliphatic rings.